The first kappa shape index (κ1) is 16.0. The van der Waals surface area contributed by atoms with E-state index in [0.29, 0.717) is 0 Å². The van der Waals surface area contributed by atoms with Gasteiger partial charge in [-0.25, -0.2) is 0 Å². The molecule has 0 aliphatic carbocycles. The standard InChI is InChI=1S/C14H15N.2ClH/c1-3-7-13(8-4-1)11-15-12-14-9-5-2-6-10-14;;/h1-10,15H,11-12H2;2*1H. The van der Waals surface area contributed by atoms with E-state index in [2.05, 4.69) is 53.8 Å². The Morgan fingerprint density at radius 2 is 0.941 bits per heavy atom. The minimum absolute atomic E-state index is 0. The van der Waals surface area contributed by atoms with E-state index in [9.17, 15) is 0 Å². The van der Waals surface area contributed by atoms with Gasteiger partial charge in [-0.05, 0) is 11.1 Å². The van der Waals surface area contributed by atoms with Gasteiger partial charge in [0.25, 0.3) is 0 Å². The summed E-state index contributed by atoms with van der Waals surface area (Å²) in [6.45, 7) is 1.85. The molecule has 92 valence electrons. The van der Waals surface area contributed by atoms with E-state index in [1.54, 1.807) is 0 Å². The number of nitrogens with one attached hydrogen (secondary N) is 1. The van der Waals surface area contributed by atoms with Crippen molar-refractivity contribution in [3.63, 3.8) is 0 Å². The smallest absolute Gasteiger partial charge is 0.0208 e. The summed E-state index contributed by atoms with van der Waals surface area (Å²) in [4.78, 5) is 0. The van der Waals surface area contributed by atoms with Gasteiger partial charge < -0.3 is 5.32 Å². The van der Waals surface area contributed by atoms with E-state index in [1.807, 2.05) is 12.1 Å². The molecular formula is C14H17Cl2N. The highest BCUT2D eigenvalue weighted by Gasteiger charge is 1.92. The molecule has 0 saturated heterocycles. The van der Waals surface area contributed by atoms with Crippen LogP contribution in [0.4, 0.5) is 0 Å². The van der Waals surface area contributed by atoms with Gasteiger partial charge in [-0.1, -0.05) is 60.7 Å². The van der Waals surface area contributed by atoms with Crippen molar-refractivity contribution >= 4 is 24.8 Å². The zero-order chi connectivity index (χ0) is 10.3. The Kier molecular flexibility index (Phi) is 8.51. The minimum Gasteiger partial charge on any atom is -0.309 e. The maximum Gasteiger partial charge on any atom is 0.0208 e. The molecule has 0 spiro atoms. The summed E-state index contributed by atoms with van der Waals surface area (Å²) in [6.07, 6.45) is 0. The molecule has 2 aromatic rings. The molecule has 0 aliphatic heterocycles. The number of hydrogen-bond donors (Lipinski definition) is 1. The zero-order valence-corrected chi connectivity index (χ0v) is 11.1. The Hall–Kier alpha value is -1.02. The van der Waals surface area contributed by atoms with Crippen molar-refractivity contribution < 1.29 is 0 Å². The summed E-state index contributed by atoms with van der Waals surface area (Å²) in [7, 11) is 0. The topological polar surface area (TPSA) is 12.0 Å². The monoisotopic (exact) mass is 269 g/mol. The van der Waals surface area contributed by atoms with Gasteiger partial charge in [0.2, 0.25) is 0 Å². The first-order valence-electron chi connectivity index (χ1n) is 5.24. The summed E-state index contributed by atoms with van der Waals surface area (Å²) in [6, 6.07) is 20.9. The maximum absolute atomic E-state index is 3.42. The third-order valence-electron chi connectivity index (χ3n) is 2.34. The van der Waals surface area contributed by atoms with Gasteiger partial charge in [-0.15, -0.1) is 24.8 Å². The van der Waals surface area contributed by atoms with Gasteiger partial charge in [0, 0.05) is 13.1 Å². The summed E-state index contributed by atoms with van der Waals surface area (Å²) in [5.74, 6) is 0. The van der Waals surface area contributed by atoms with Crippen molar-refractivity contribution in [2.75, 3.05) is 0 Å². The van der Waals surface area contributed by atoms with Gasteiger partial charge in [-0.2, -0.15) is 0 Å². The predicted octanol–water partition coefficient (Wildman–Crippen LogP) is 3.82. The normalized spacial score (nSPS) is 8.94. The molecule has 1 nitrogen and oxygen atoms in total. The third-order valence-corrected chi connectivity index (χ3v) is 2.34. The van der Waals surface area contributed by atoms with Crippen molar-refractivity contribution in [3.05, 3.63) is 71.8 Å². The number of hydrogen-bond acceptors (Lipinski definition) is 1. The van der Waals surface area contributed by atoms with Crippen molar-refractivity contribution in [2.24, 2.45) is 0 Å². The largest absolute Gasteiger partial charge is 0.309 e. The lowest BCUT2D eigenvalue weighted by Gasteiger charge is -2.04. The van der Waals surface area contributed by atoms with Gasteiger partial charge in [-0.3, -0.25) is 0 Å². The summed E-state index contributed by atoms with van der Waals surface area (Å²) < 4.78 is 0. The van der Waals surface area contributed by atoms with Gasteiger partial charge in [0.1, 0.15) is 0 Å². The molecule has 0 radical (unpaired) electrons. The molecule has 0 atom stereocenters. The van der Waals surface area contributed by atoms with Gasteiger partial charge in [0.05, 0.1) is 0 Å². The first-order chi connectivity index (χ1) is 7.45. The fourth-order valence-corrected chi connectivity index (χ4v) is 1.54. The summed E-state index contributed by atoms with van der Waals surface area (Å²) in [5, 5.41) is 3.42. The predicted molar refractivity (Wildman–Crippen MR) is 77.9 cm³/mol. The lowest BCUT2D eigenvalue weighted by molar-refractivity contribution is 0.693. The first-order valence-corrected chi connectivity index (χ1v) is 5.24. The fraction of sp³-hybridized carbons (Fsp3) is 0.143. The maximum atomic E-state index is 3.42. The van der Waals surface area contributed by atoms with Crippen LogP contribution in [0.3, 0.4) is 0 Å². The van der Waals surface area contributed by atoms with Crippen LogP contribution in [0.25, 0.3) is 0 Å². The molecule has 0 aliphatic rings. The molecule has 0 fully saturated rings. The van der Waals surface area contributed by atoms with Crippen LogP contribution < -0.4 is 5.32 Å². The highest BCUT2D eigenvalue weighted by atomic mass is 35.5. The fourth-order valence-electron chi connectivity index (χ4n) is 1.54. The van der Waals surface area contributed by atoms with Crippen LogP contribution in [0, 0.1) is 0 Å². The molecule has 1 N–H and O–H groups in total. The lowest BCUT2D eigenvalue weighted by Crippen LogP contribution is -2.12. The highest BCUT2D eigenvalue weighted by molar-refractivity contribution is 5.85. The van der Waals surface area contributed by atoms with Crippen LogP contribution in [-0.4, -0.2) is 0 Å². The number of benzene rings is 2. The Labute approximate surface area is 115 Å². The Morgan fingerprint density at radius 1 is 0.588 bits per heavy atom. The van der Waals surface area contributed by atoms with Crippen LogP contribution in [0.1, 0.15) is 11.1 Å². The number of halogens is 2. The van der Waals surface area contributed by atoms with E-state index in [-0.39, 0.29) is 24.8 Å². The van der Waals surface area contributed by atoms with E-state index in [0.717, 1.165) is 13.1 Å². The van der Waals surface area contributed by atoms with Crippen molar-refractivity contribution in [2.45, 2.75) is 13.1 Å². The molecule has 0 aromatic heterocycles. The molecule has 17 heavy (non-hydrogen) atoms. The van der Waals surface area contributed by atoms with Crippen molar-refractivity contribution in [3.8, 4) is 0 Å². The average Bonchev–Trinajstić information content (AvgIpc) is 2.32. The van der Waals surface area contributed by atoms with Crippen molar-refractivity contribution in [1.82, 2.24) is 5.32 Å². The lowest BCUT2D eigenvalue weighted by atomic mass is 10.2. The van der Waals surface area contributed by atoms with Crippen molar-refractivity contribution in [1.29, 1.82) is 0 Å². The van der Waals surface area contributed by atoms with Crippen LogP contribution >= 0.6 is 24.8 Å². The van der Waals surface area contributed by atoms with Crippen LogP contribution in [0.5, 0.6) is 0 Å². The molecule has 0 amide bonds. The average molecular weight is 270 g/mol. The molecule has 2 aromatic carbocycles. The summed E-state index contributed by atoms with van der Waals surface area (Å²) in [5.41, 5.74) is 2.65. The second-order valence-electron chi connectivity index (χ2n) is 3.57. The molecule has 2 rings (SSSR count). The van der Waals surface area contributed by atoms with E-state index >= 15 is 0 Å². The zero-order valence-electron chi connectivity index (χ0n) is 9.50. The molecular weight excluding hydrogens is 253 g/mol. The van der Waals surface area contributed by atoms with Crippen LogP contribution in [-0.2, 0) is 13.1 Å². The van der Waals surface area contributed by atoms with Gasteiger partial charge in [0.15, 0.2) is 0 Å². The molecule has 3 heteroatoms. The highest BCUT2D eigenvalue weighted by Crippen LogP contribution is 2.00. The van der Waals surface area contributed by atoms with E-state index < -0.39 is 0 Å². The Morgan fingerprint density at radius 3 is 1.29 bits per heavy atom. The van der Waals surface area contributed by atoms with E-state index in [4.69, 9.17) is 0 Å². The minimum atomic E-state index is 0. The molecule has 0 saturated carbocycles. The van der Waals surface area contributed by atoms with E-state index in [1.165, 1.54) is 11.1 Å². The van der Waals surface area contributed by atoms with Crippen LogP contribution in [0.15, 0.2) is 60.7 Å². The van der Waals surface area contributed by atoms with Gasteiger partial charge >= 0.3 is 0 Å². The molecule has 0 bridgehead atoms. The SMILES string of the molecule is Cl.Cl.c1ccc(CNCc2ccccc2)cc1. The number of rotatable bonds is 4. The molecule has 0 unspecified atom stereocenters. The quantitative estimate of drug-likeness (QED) is 0.890. The Balaban J connectivity index is 0.00000128. The second-order valence-corrected chi connectivity index (χ2v) is 3.57. The molecule has 0 heterocycles. The third kappa shape index (κ3) is 5.73. The second kappa shape index (κ2) is 9.06. The van der Waals surface area contributed by atoms with Crippen LogP contribution in [0.2, 0.25) is 0 Å². The summed E-state index contributed by atoms with van der Waals surface area (Å²) >= 11 is 0. The Bertz CT molecular complexity index is 350.